The molecule has 0 atom stereocenters. The van der Waals surface area contributed by atoms with Crippen molar-refractivity contribution in [1.29, 1.82) is 0 Å². The number of benzene rings is 2. The normalized spacial score (nSPS) is 10.2. The van der Waals surface area contributed by atoms with E-state index in [-0.39, 0.29) is 10.6 Å². The number of carbonyl (C=O) groups is 2. The molecule has 6 nitrogen and oxygen atoms in total. The number of esters is 1. The van der Waals surface area contributed by atoms with E-state index in [1.807, 2.05) is 0 Å². The lowest BCUT2D eigenvalue weighted by Crippen LogP contribution is -2.28. The molecule has 1 amide bonds. The molecule has 2 aromatic carbocycles. The highest BCUT2D eigenvalue weighted by Gasteiger charge is 2.17. The van der Waals surface area contributed by atoms with Crippen molar-refractivity contribution in [2.24, 2.45) is 0 Å². The molecule has 0 fully saturated rings. The summed E-state index contributed by atoms with van der Waals surface area (Å²) in [5, 5.41) is 3.49. The second-order valence-electron chi connectivity index (χ2n) is 5.40. The lowest BCUT2D eigenvalue weighted by molar-refractivity contribution is -0.124. The standard InChI is InChI=1S/C19H19Cl2NO5/c1-3-26-18-15(21)8-13(9-16(18)25-2)19(24)27-11-17(23)22-10-12-4-6-14(20)7-5-12/h4-9H,3,10-11H2,1-2H3,(H,22,23). The van der Waals surface area contributed by atoms with Crippen molar-refractivity contribution in [3.8, 4) is 11.5 Å². The Morgan fingerprint density at radius 2 is 1.81 bits per heavy atom. The van der Waals surface area contributed by atoms with Crippen LogP contribution in [0.2, 0.25) is 10.0 Å². The van der Waals surface area contributed by atoms with Crippen molar-refractivity contribution in [1.82, 2.24) is 5.32 Å². The highest BCUT2D eigenvalue weighted by atomic mass is 35.5. The van der Waals surface area contributed by atoms with Crippen LogP contribution in [0.4, 0.5) is 0 Å². The van der Waals surface area contributed by atoms with Gasteiger partial charge < -0.3 is 19.5 Å². The number of hydrogen-bond donors (Lipinski definition) is 1. The summed E-state index contributed by atoms with van der Waals surface area (Å²) in [5.74, 6) is -0.468. The first kappa shape index (κ1) is 20.9. The fourth-order valence-electron chi connectivity index (χ4n) is 2.19. The van der Waals surface area contributed by atoms with E-state index in [9.17, 15) is 9.59 Å². The van der Waals surface area contributed by atoms with Gasteiger partial charge in [-0.1, -0.05) is 35.3 Å². The Morgan fingerprint density at radius 1 is 1.11 bits per heavy atom. The number of halogens is 2. The molecule has 0 aliphatic rings. The largest absolute Gasteiger partial charge is 0.493 e. The Balaban J connectivity index is 1.91. The Morgan fingerprint density at radius 3 is 2.44 bits per heavy atom. The van der Waals surface area contributed by atoms with Gasteiger partial charge in [0, 0.05) is 11.6 Å². The molecule has 0 aliphatic heterocycles. The van der Waals surface area contributed by atoms with Gasteiger partial charge in [0.1, 0.15) is 0 Å². The molecule has 27 heavy (non-hydrogen) atoms. The molecule has 0 spiro atoms. The van der Waals surface area contributed by atoms with E-state index < -0.39 is 18.5 Å². The van der Waals surface area contributed by atoms with Crippen molar-refractivity contribution < 1.29 is 23.8 Å². The number of ether oxygens (including phenoxy) is 3. The zero-order valence-electron chi connectivity index (χ0n) is 14.9. The maximum Gasteiger partial charge on any atom is 0.338 e. The summed E-state index contributed by atoms with van der Waals surface area (Å²) in [6.07, 6.45) is 0. The number of hydrogen-bond acceptors (Lipinski definition) is 5. The molecule has 144 valence electrons. The van der Waals surface area contributed by atoms with E-state index in [0.29, 0.717) is 29.7 Å². The molecule has 2 rings (SSSR count). The summed E-state index contributed by atoms with van der Waals surface area (Å²) in [4.78, 5) is 24.0. The van der Waals surface area contributed by atoms with Crippen LogP contribution in [0.1, 0.15) is 22.8 Å². The maximum atomic E-state index is 12.2. The molecule has 0 aliphatic carbocycles. The van der Waals surface area contributed by atoms with Crippen LogP contribution >= 0.6 is 23.2 Å². The molecular weight excluding hydrogens is 393 g/mol. The summed E-state index contributed by atoms with van der Waals surface area (Å²) in [6, 6.07) is 9.90. The molecule has 0 saturated heterocycles. The number of amides is 1. The quantitative estimate of drug-likeness (QED) is 0.667. The lowest BCUT2D eigenvalue weighted by Gasteiger charge is -2.13. The van der Waals surface area contributed by atoms with Crippen molar-refractivity contribution in [2.75, 3.05) is 20.3 Å². The molecule has 1 N–H and O–H groups in total. The maximum absolute atomic E-state index is 12.2. The highest BCUT2D eigenvalue weighted by Crippen LogP contribution is 2.36. The van der Waals surface area contributed by atoms with Gasteiger partial charge in [0.2, 0.25) is 0 Å². The summed E-state index contributed by atoms with van der Waals surface area (Å²) in [7, 11) is 1.44. The van der Waals surface area contributed by atoms with Crippen LogP contribution in [0.25, 0.3) is 0 Å². The van der Waals surface area contributed by atoms with E-state index in [2.05, 4.69) is 5.32 Å². The molecule has 0 aromatic heterocycles. The van der Waals surface area contributed by atoms with Gasteiger partial charge in [-0.05, 0) is 36.8 Å². The second kappa shape index (κ2) is 10.0. The zero-order valence-corrected chi connectivity index (χ0v) is 16.4. The number of rotatable bonds is 8. The van der Waals surface area contributed by atoms with Gasteiger partial charge >= 0.3 is 5.97 Å². The molecule has 0 heterocycles. The number of nitrogens with one attached hydrogen (secondary N) is 1. The van der Waals surface area contributed by atoms with Gasteiger partial charge in [0.25, 0.3) is 5.91 Å². The predicted octanol–water partition coefficient (Wildman–Crippen LogP) is 3.87. The molecule has 0 bridgehead atoms. The molecule has 0 radical (unpaired) electrons. The number of carbonyl (C=O) groups excluding carboxylic acids is 2. The third kappa shape index (κ3) is 6.05. The van der Waals surface area contributed by atoms with Crippen LogP contribution in [0.5, 0.6) is 11.5 Å². The third-order valence-corrected chi connectivity index (χ3v) is 4.02. The van der Waals surface area contributed by atoms with Gasteiger partial charge in [-0.15, -0.1) is 0 Å². The molecular formula is C19H19Cl2NO5. The zero-order chi connectivity index (χ0) is 19.8. The van der Waals surface area contributed by atoms with Gasteiger partial charge in [-0.25, -0.2) is 4.79 Å². The van der Waals surface area contributed by atoms with E-state index >= 15 is 0 Å². The van der Waals surface area contributed by atoms with E-state index in [1.54, 1.807) is 31.2 Å². The van der Waals surface area contributed by atoms with E-state index in [1.165, 1.54) is 19.2 Å². The van der Waals surface area contributed by atoms with Gasteiger partial charge in [0.15, 0.2) is 18.1 Å². The minimum atomic E-state index is -0.695. The van der Waals surface area contributed by atoms with Crippen LogP contribution in [-0.2, 0) is 16.1 Å². The summed E-state index contributed by atoms with van der Waals surface area (Å²) >= 11 is 11.9. The van der Waals surface area contributed by atoms with Gasteiger partial charge in [-0.3, -0.25) is 4.79 Å². The minimum Gasteiger partial charge on any atom is -0.493 e. The molecule has 0 unspecified atom stereocenters. The highest BCUT2D eigenvalue weighted by molar-refractivity contribution is 6.32. The van der Waals surface area contributed by atoms with Crippen LogP contribution in [0, 0.1) is 0 Å². The second-order valence-corrected chi connectivity index (χ2v) is 6.25. The Hall–Kier alpha value is -2.44. The predicted molar refractivity (Wildman–Crippen MR) is 103 cm³/mol. The van der Waals surface area contributed by atoms with Crippen molar-refractivity contribution in [3.05, 3.63) is 57.6 Å². The van der Waals surface area contributed by atoms with Crippen molar-refractivity contribution in [2.45, 2.75) is 13.5 Å². The smallest absolute Gasteiger partial charge is 0.338 e. The minimum absolute atomic E-state index is 0.158. The lowest BCUT2D eigenvalue weighted by atomic mass is 10.2. The van der Waals surface area contributed by atoms with Crippen molar-refractivity contribution in [3.63, 3.8) is 0 Å². The molecule has 0 saturated carbocycles. The van der Waals surface area contributed by atoms with Gasteiger partial charge in [-0.2, -0.15) is 0 Å². The Bertz CT molecular complexity index is 808. The van der Waals surface area contributed by atoms with Crippen LogP contribution in [-0.4, -0.2) is 32.2 Å². The SMILES string of the molecule is CCOc1c(Cl)cc(C(=O)OCC(=O)NCc2ccc(Cl)cc2)cc1OC. The summed E-state index contributed by atoms with van der Waals surface area (Å²) in [6.45, 7) is 2.09. The van der Waals surface area contributed by atoms with E-state index in [4.69, 9.17) is 37.4 Å². The fourth-order valence-corrected chi connectivity index (χ4v) is 2.58. The van der Waals surface area contributed by atoms with Crippen molar-refractivity contribution >= 4 is 35.1 Å². The Labute approximate surface area is 167 Å². The first-order valence-corrected chi connectivity index (χ1v) is 8.88. The summed E-state index contributed by atoms with van der Waals surface area (Å²) < 4.78 is 15.6. The average Bonchev–Trinajstić information content (AvgIpc) is 2.67. The van der Waals surface area contributed by atoms with Gasteiger partial charge in [0.05, 0.1) is 24.3 Å². The fraction of sp³-hybridized carbons (Fsp3) is 0.263. The Kier molecular flexibility index (Phi) is 7.76. The summed E-state index contributed by atoms with van der Waals surface area (Å²) in [5.41, 5.74) is 1.04. The topological polar surface area (TPSA) is 73.9 Å². The molecule has 8 heteroatoms. The van der Waals surface area contributed by atoms with Crippen LogP contribution < -0.4 is 14.8 Å². The monoisotopic (exact) mass is 411 g/mol. The van der Waals surface area contributed by atoms with Crippen LogP contribution in [0.15, 0.2) is 36.4 Å². The third-order valence-electron chi connectivity index (χ3n) is 3.49. The first-order valence-electron chi connectivity index (χ1n) is 8.13. The molecule has 2 aromatic rings. The number of methoxy groups -OCH3 is 1. The van der Waals surface area contributed by atoms with Crippen LogP contribution in [0.3, 0.4) is 0 Å². The first-order chi connectivity index (χ1) is 12.9. The average molecular weight is 412 g/mol. The van der Waals surface area contributed by atoms with E-state index in [0.717, 1.165) is 5.56 Å².